The second-order valence-corrected chi connectivity index (χ2v) is 5.99. The van der Waals surface area contributed by atoms with Gasteiger partial charge in [0.05, 0.1) is 12.1 Å². The summed E-state index contributed by atoms with van der Waals surface area (Å²) in [5.74, 6) is 0.241. The Morgan fingerprint density at radius 2 is 1.95 bits per heavy atom. The van der Waals surface area contributed by atoms with E-state index in [9.17, 15) is 4.79 Å². The van der Waals surface area contributed by atoms with E-state index >= 15 is 0 Å². The molecule has 19 heavy (non-hydrogen) atoms. The van der Waals surface area contributed by atoms with Crippen LogP contribution in [0.4, 0.5) is 5.69 Å². The molecule has 0 spiro atoms. The summed E-state index contributed by atoms with van der Waals surface area (Å²) in [6.45, 7) is 4.02. The maximum Gasteiger partial charge on any atom is 0.140 e. The number of Topliss-reactive ketones (excluding diaryl/α,β-unsaturated/α-hetero) is 1. The third kappa shape index (κ3) is 3.89. The molecule has 0 radical (unpaired) electrons. The molecule has 0 bridgehead atoms. The Morgan fingerprint density at radius 1 is 1.26 bits per heavy atom. The van der Waals surface area contributed by atoms with E-state index < -0.39 is 0 Å². The first kappa shape index (κ1) is 13.7. The van der Waals surface area contributed by atoms with Crippen LogP contribution in [0.2, 0.25) is 0 Å². The van der Waals surface area contributed by atoms with Crippen LogP contribution in [-0.4, -0.2) is 10.8 Å². The number of nitrogen functional groups attached to an aromatic ring is 1. The Bertz CT molecular complexity index is 553. The predicted molar refractivity (Wildman–Crippen MR) is 79.5 cm³/mol. The number of hydrogen-bond acceptors (Lipinski definition) is 4. The molecule has 1 aromatic carbocycles. The normalized spacial score (nSPS) is 10.6. The molecule has 0 aliphatic carbocycles. The van der Waals surface area contributed by atoms with Gasteiger partial charge in [0.1, 0.15) is 10.8 Å². The summed E-state index contributed by atoms with van der Waals surface area (Å²) in [6.07, 6.45) is 1.78. The molecular formula is C15H18N2OS. The molecule has 1 heterocycles. The average Bonchev–Trinajstić information content (AvgIpc) is 2.67. The molecular weight excluding hydrogens is 256 g/mol. The fraction of sp³-hybridized carbons (Fsp3) is 0.333. The maximum atomic E-state index is 11.9. The van der Waals surface area contributed by atoms with Gasteiger partial charge in [-0.3, -0.25) is 4.79 Å². The van der Waals surface area contributed by atoms with Crippen molar-refractivity contribution in [3.63, 3.8) is 0 Å². The van der Waals surface area contributed by atoms with Gasteiger partial charge in [0.2, 0.25) is 0 Å². The Balaban J connectivity index is 1.86. The van der Waals surface area contributed by atoms with Gasteiger partial charge in [0.25, 0.3) is 0 Å². The third-order valence-electron chi connectivity index (χ3n) is 3.09. The molecule has 0 aliphatic rings. The van der Waals surface area contributed by atoms with Crippen LogP contribution in [0.3, 0.4) is 0 Å². The Hall–Kier alpha value is -1.68. The minimum absolute atomic E-state index is 0.241. The van der Waals surface area contributed by atoms with Gasteiger partial charge in [-0.25, -0.2) is 4.98 Å². The number of rotatable bonds is 5. The van der Waals surface area contributed by atoms with Crippen LogP contribution in [0.1, 0.15) is 27.6 Å². The topological polar surface area (TPSA) is 56.0 Å². The highest BCUT2D eigenvalue weighted by Gasteiger charge is 2.09. The van der Waals surface area contributed by atoms with Gasteiger partial charge < -0.3 is 5.73 Å². The van der Waals surface area contributed by atoms with Crippen molar-refractivity contribution in [2.45, 2.75) is 33.1 Å². The third-order valence-corrected chi connectivity index (χ3v) is 4.17. The maximum absolute atomic E-state index is 11.9. The first-order valence-corrected chi connectivity index (χ1v) is 7.15. The number of nitrogens with zero attached hydrogens (tertiary/aromatic N) is 1. The van der Waals surface area contributed by atoms with Crippen LogP contribution in [0, 0.1) is 13.8 Å². The van der Waals surface area contributed by atoms with Gasteiger partial charge >= 0.3 is 0 Å². The summed E-state index contributed by atoms with van der Waals surface area (Å²) >= 11 is 1.62. The van der Waals surface area contributed by atoms with E-state index in [1.54, 1.807) is 11.3 Å². The van der Waals surface area contributed by atoms with Gasteiger partial charge in [0, 0.05) is 17.0 Å². The SMILES string of the molecule is Cc1nc(CC(=O)CCc2ccc(N)cc2)sc1C. The number of anilines is 1. The fourth-order valence-corrected chi connectivity index (χ4v) is 2.80. The lowest BCUT2D eigenvalue weighted by Gasteiger charge is -2.01. The average molecular weight is 274 g/mol. The van der Waals surface area contributed by atoms with Crippen molar-refractivity contribution in [3.8, 4) is 0 Å². The van der Waals surface area contributed by atoms with Gasteiger partial charge in [0.15, 0.2) is 0 Å². The van der Waals surface area contributed by atoms with Crippen LogP contribution in [0.25, 0.3) is 0 Å². The van der Waals surface area contributed by atoms with Crippen molar-refractivity contribution in [1.82, 2.24) is 4.98 Å². The zero-order valence-electron chi connectivity index (χ0n) is 11.3. The molecule has 1 aromatic heterocycles. The first-order chi connectivity index (χ1) is 9.04. The Morgan fingerprint density at radius 3 is 2.53 bits per heavy atom. The van der Waals surface area contributed by atoms with E-state index in [1.165, 1.54) is 4.88 Å². The number of carbonyl (C=O) groups excluding carboxylic acids is 1. The molecule has 0 fully saturated rings. The molecule has 2 N–H and O–H groups in total. The zero-order valence-corrected chi connectivity index (χ0v) is 12.1. The summed E-state index contributed by atoms with van der Waals surface area (Å²) in [7, 11) is 0. The van der Waals surface area contributed by atoms with E-state index in [1.807, 2.05) is 38.1 Å². The van der Waals surface area contributed by atoms with Crippen molar-refractivity contribution in [2.24, 2.45) is 0 Å². The lowest BCUT2D eigenvalue weighted by Crippen LogP contribution is -2.04. The number of ketones is 1. The van der Waals surface area contributed by atoms with Crippen molar-refractivity contribution >= 4 is 22.8 Å². The summed E-state index contributed by atoms with van der Waals surface area (Å²) < 4.78 is 0. The number of thiazole rings is 1. The molecule has 0 saturated carbocycles. The number of aryl methyl sites for hydroxylation is 3. The second kappa shape index (κ2) is 5.97. The standard InChI is InChI=1S/C15H18N2OS/c1-10-11(2)19-15(17-10)9-14(18)8-5-12-3-6-13(16)7-4-12/h3-4,6-7H,5,8-9,16H2,1-2H3. The second-order valence-electron chi connectivity index (χ2n) is 4.71. The molecule has 0 saturated heterocycles. The van der Waals surface area contributed by atoms with Crippen molar-refractivity contribution < 1.29 is 4.79 Å². The van der Waals surface area contributed by atoms with Crippen molar-refractivity contribution in [1.29, 1.82) is 0 Å². The lowest BCUT2D eigenvalue weighted by atomic mass is 10.1. The summed E-state index contributed by atoms with van der Waals surface area (Å²) in [5.41, 5.74) is 8.56. The molecule has 3 nitrogen and oxygen atoms in total. The van der Waals surface area contributed by atoms with Crippen molar-refractivity contribution in [3.05, 3.63) is 45.4 Å². The quantitative estimate of drug-likeness (QED) is 0.852. The minimum Gasteiger partial charge on any atom is -0.399 e. The number of hydrogen-bond donors (Lipinski definition) is 1. The highest BCUT2D eigenvalue weighted by Crippen LogP contribution is 2.17. The fourth-order valence-electron chi connectivity index (χ4n) is 1.84. The van der Waals surface area contributed by atoms with Crippen molar-refractivity contribution in [2.75, 3.05) is 5.73 Å². The Kier molecular flexibility index (Phi) is 4.32. The lowest BCUT2D eigenvalue weighted by molar-refractivity contribution is -0.118. The summed E-state index contributed by atoms with van der Waals surface area (Å²) in [6, 6.07) is 7.68. The predicted octanol–water partition coefficient (Wildman–Crippen LogP) is 3.09. The highest BCUT2D eigenvalue weighted by molar-refractivity contribution is 7.11. The van der Waals surface area contributed by atoms with Crippen LogP contribution >= 0.6 is 11.3 Å². The van der Waals surface area contributed by atoms with E-state index in [2.05, 4.69) is 4.98 Å². The molecule has 0 atom stereocenters. The van der Waals surface area contributed by atoms with Crippen LogP contribution in [-0.2, 0) is 17.6 Å². The van der Waals surface area contributed by atoms with E-state index in [-0.39, 0.29) is 5.78 Å². The van der Waals surface area contributed by atoms with Crippen LogP contribution < -0.4 is 5.73 Å². The zero-order chi connectivity index (χ0) is 13.8. The van der Waals surface area contributed by atoms with Gasteiger partial charge in [-0.1, -0.05) is 12.1 Å². The summed E-state index contributed by atoms with van der Waals surface area (Å²) in [5, 5.41) is 0.928. The van der Waals surface area contributed by atoms with Gasteiger partial charge in [-0.2, -0.15) is 0 Å². The smallest absolute Gasteiger partial charge is 0.140 e. The van der Waals surface area contributed by atoms with Crippen LogP contribution in [0.15, 0.2) is 24.3 Å². The number of aromatic nitrogens is 1. The molecule has 100 valence electrons. The van der Waals surface area contributed by atoms with Gasteiger partial charge in [-0.05, 0) is 38.0 Å². The van der Waals surface area contributed by atoms with E-state index in [4.69, 9.17) is 5.73 Å². The first-order valence-electron chi connectivity index (χ1n) is 6.33. The highest BCUT2D eigenvalue weighted by atomic mass is 32.1. The molecule has 2 aromatic rings. The molecule has 2 rings (SSSR count). The molecule has 0 aliphatic heterocycles. The molecule has 4 heteroatoms. The number of benzene rings is 1. The molecule has 0 unspecified atom stereocenters. The van der Waals surface area contributed by atoms with Gasteiger partial charge in [-0.15, -0.1) is 11.3 Å². The number of nitrogens with two attached hydrogens (primary N) is 1. The largest absolute Gasteiger partial charge is 0.399 e. The molecule has 0 amide bonds. The van der Waals surface area contributed by atoms with E-state index in [0.717, 1.165) is 28.4 Å². The monoisotopic (exact) mass is 274 g/mol. The summed E-state index contributed by atoms with van der Waals surface area (Å²) in [4.78, 5) is 17.5. The van der Waals surface area contributed by atoms with E-state index in [0.29, 0.717) is 12.8 Å². The minimum atomic E-state index is 0.241. The Labute approximate surface area is 117 Å². The number of carbonyl (C=O) groups is 1. The van der Waals surface area contributed by atoms with Crippen LogP contribution in [0.5, 0.6) is 0 Å².